The summed E-state index contributed by atoms with van der Waals surface area (Å²) in [5, 5.41) is 11.9. The van der Waals surface area contributed by atoms with Crippen LogP contribution in [0.15, 0.2) is 18.2 Å². The third kappa shape index (κ3) is 4.59. The first-order chi connectivity index (χ1) is 11.8. The second-order valence-electron chi connectivity index (χ2n) is 6.76. The van der Waals surface area contributed by atoms with Gasteiger partial charge >= 0.3 is 5.97 Å². The van der Waals surface area contributed by atoms with Crippen LogP contribution in [0.4, 0.5) is 5.69 Å². The average molecular weight is 346 g/mol. The lowest BCUT2D eigenvalue weighted by atomic mass is 9.95. The molecular weight excluding hydrogens is 320 g/mol. The molecule has 0 aromatic heterocycles. The number of carboxylic acids is 1. The molecule has 2 amide bonds. The summed E-state index contributed by atoms with van der Waals surface area (Å²) in [4.78, 5) is 37.9. The fraction of sp³-hybridized carbons (Fsp3) is 0.526. The van der Waals surface area contributed by atoms with Crippen molar-refractivity contribution in [3.05, 3.63) is 29.3 Å². The molecule has 2 rings (SSSR count). The number of carbonyl (C=O) groups excluding carboxylic acids is 2. The Morgan fingerprint density at radius 1 is 1.36 bits per heavy atom. The number of aromatic carboxylic acids is 1. The maximum Gasteiger partial charge on any atom is 0.335 e. The molecule has 6 heteroatoms. The van der Waals surface area contributed by atoms with Crippen LogP contribution in [0.25, 0.3) is 0 Å². The zero-order valence-electron chi connectivity index (χ0n) is 15.0. The van der Waals surface area contributed by atoms with E-state index >= 15 is 0 Å². The van der Waals surface area contributed by atoms with Crippen molar-refractivity contribution in [2.45, 2.75) is 40.0 Å². The van der Waals surface area contributed by atoms with E-state index in [1.807, 2.05) is 20.8 Å². The van der Waals surface area contributed by atoms with Crippen LogP contribution in [0, 0.1) is 18.8 Å². The first-order valence-electron chi connectivity index (χ1n) is 8.77. The summed E-state index contributed by atoms with van der Waals surface area (Å²) >= 11 is 0. The summed E-state index contributed by atoms with van der Waals surface area (Å²) in [7, 11) is 0. The summed E-state index contributed by atoms with van der Waals surface area (Å²) in [6.07, 6.45) is 2.32. The maximum atomic E-state index is 12.6. The Morgan fingerprint density at radius 3 is 2.72 bits per heavy atom. The number of carbonyl (C=O) groups is 3. The molecule has 0 spiro atoms. The molecule has 2 atom stereocenters. The highest BCUT2D eigenvalue weighted by Gasteiger charge is 2.30. The van der Waals surface area contributed by atoms with Crippen molar-refractivity contribution in [2.75, 3.05) is 18.4 Å². The van der Waals surface area contributed by atoms with Gasteiger partial charge in [0.1, 0.15) is 0 Å². The van der Waals surface area contributed by atoms with Gasteiger partial charge in [-0.3, -0.25) is 9.59 Å². The number of amides is 2. The van der Waals surface area contributed by atoms with Gasteiger partial charge in [0.25, 0.3) is 0 Å². The van der Waals surface area contributed by atoms with Gasteiger partial charge in [-0.05, 0) is 43.9 Å². The number of likely N-dealkylation sites (tertiary alicyclic amines) is 1. The fourth-order valence-corrected chi connectivity index (χ4v) is 3.00. The van der Waals surface area contributed by atoms with Crippen LogP contribution in [0.1, 0.15) is 49.0 Å². The average Bonchev–Trinajstić information content (AvgIpc) is 2.62. The predicted octanol–water partition coefficient (Wildman–Crippen LogP) is 2.92. The van der Waals surface area contributed by atoms with E-state index in [0.717, 1.165) is 24.8 Å². The Morgan fingerprint density at radius 2 is 2.08 bits per heavy atom. The van der Waals surface area contributed by atoms with Gasteiger partial charge < -0.3 is 15.3 Å². The minimum absolute atomic E-state index is 0.0312. The number of hydrogen-bond donors (Lipinski definition) is 2. The van der Waals surface area contributed by atoms with E-state index in [0.29, 0.717) is 18.8 Å². The molecule has 1 saturated heterocycles. The highest BCUT2D eigenvalue weighted by atomic mass is 16.4. The van der Waals surface area contributed by atoms with Crippen LogP contribution in [0.5, 0.6) is 0 Å². The molecule has 0 bridgehead atoms. The van der Waals surface area contributed by atoms with Gasteiger partial charge in [0.2, 0.25) is 11.8 Å². The molecule has 0 unspecified atom stereocenters. The number of carboxylic acid groups (broad SMARTS) is 1. The number of nitrogens with zero attached hydrogens (tertiary/aromatic N) is 1. The molecule has 0 radical (unpaired) electrons. The van der Waals surface area contributed by atoms with Crippen LogP contribution < -0.4 is 5.32 Å². The van der Waals surface area contributed by atoms with Gasteiger partial charge in [0.15, 0.2) is 0 Å². The molecule has 1 aromatic carbocycles. The van der Waals surface area contributed by atoms with Crippen LogP contribution in [0.3, 0.4) is 0 Å². The third-order valence-corrected chi connectivity index (χ3v) is 4.88. The number of hydrogen-bond acceptors (Lipinski definition) is 3. The molecule has 1 heterocycles. The SMILES string of the molecule is CC[C@@H](C)C(=O)N1CCC[C@@H](C(=O)Nc2cc(C(=O)O)ccc2C)C1. The van der Waals surface area contributed by atoms with Crippen molar-refractivity contribution in [3.63, 3.8) is 0 Å². The van der Waals surface area contributed by atoms with E-state index in [-0.39, 0.29) is 29.2 Å². The van der Waals surface area contributed by atoms with Crippen LogP contribution in [-0.2, 0) is 9.59 Å². The number of rotatable bonds is 5. The summed E-state index contributed by atoms with van der Waals surface area (Å²) in [6, 6.07) is 4.67. The Kier molecular flexibility index (Phi) is 6.17. The maximum absolute atomic E-state index is 12.6. The zero-order valence-corrected chi connectivity index (χ0v) is 15.0. The number of anilines is 1. The molecule has 25 heavy (non-hydrogen) atoms. The highest BCUT2D eigenvalue weighted by molar-refractivity contribution is 5.96. The van der Waals surface area contributed by atoms with E-state index in [4.69, 9.17) is 5.11 Å². The standard InChI is InChI=1S/C19H26N2O4/c1-4-12(2)18(23)21-9-5-6-15(11-21)17(22)20-16-10-14(19(24)25)8-7-13(16)3/h7-8,10,12,15H,4-6,9,11H2,1-3H3,(H,20,22)(H,24,25)/t12-,15-/m1/s1. The topological polar surface area (TPSA) is 86.7 Å². The molecule has 0 saturated carbocycles. The lowest BCUT2D eigenvalue weighted by Gasteiger charge is -2.33. The molecule has 136 valence electrons. The van der Waals surface area contributed by atoms with Crippen LogP contribution in [-0.4, -0.2) is 40.9 Å². The fourth-order valence-electron chi connectivity index (χ4n) is 3.00. The van der Waals surface area contributed by atoms with Gasteiger partial charge in [-0.15, -0.1) is 0 Å². The molecule has 1 aliphatic rings. The Labute approximate surface area is 148 Å². The summed E-state index contributed by atoms with van der Waals surface area (Å²) < 4.78 is 0. The van der Waals surface area contributed by atoms with Gasteiger partial charge in [-0.2, -0.15) is 0 Å². The largest absolute Gasteiger partial charge is 0.478 e. The van der Waals surface area contributed by atoms with Gasteiger partial charge in [0.05, 0.1) is 11.5 Å². The van der Waals surface area contributed by atoms with Crippen LogP contribution >= 0.6 is 0 Å². The van der Waals surface area contributed by atoms with Gasteiger partial charge in [-0.25, -0.2) is 4.79 Å². The number of benzene rings is 1. The second kappa shape index (κ2) is 8.14. The summed E-state index contributed by atoms with van der Waals surface area (Å²) in [5.74, 6) is -1.39. The first-order valence-corrected chi connectivity index (χ1v) is 8.77. The van der Waals surface area contributed by atoms with E-state index in [1.54, 1.807) is 11.0 Å². The van der Waals surface area contributed by atoms with Crippen molar-refractivity contribution >= 4 is 23.5 Å². The minimum atomic E-state index is -1.03. The van der Waals surface area contributed by atoms with Gasteiger partial charge in [0, 0.05) is 24.7 Å². The van der Waals surface area contributed by atoms with Crippen LogP contribution in [0.2, 0.25) is 0 Å². The highest BCUT2D eigenvalue weighted by Crippen LogP contribution is 2.23. The minimum Gasteiger partial charge on any atom is -0.478 e. The lowest BCUT2D eigenvalue weighted by molar-refractivity contribution is -0.138. The smallest absolute Gasteiger partial charge is 0.335 e. The zero-order chi connectivity index (χ0) is 18.6. The number of nitrogens with one attached hydrogen (secondary N) is 1. The molecule has 2 N–H and O–H groups in total. The van der Waals surface area contributed by atoms with E-state index in [2.05, 4.69) is 5.32 Å². The normalized spacial score (nSPS) is 18.5. The molecule has 1 aromatic rings. The third-order valence-electron chi connectivity index (χ3n) is 4.88. The summed E-state index contributed by atoms with van der Waals surface area (Å²) in [6.45, 7) is 6.83. The molecule has 6 nitrogen and oxygen atoms in total. The second-order valence-corrected chi connectivity index (χ2v) is 6.76. The lowest BCUT2D eigenvalue weighted by Crippen LogP contribution is -2.45. The van der Waals surface area contributed by atoms with Gasteiger partial charge in [-0.1, -0.05) is 19.9 Å². The van der Waals surface area contributed by atoms with Crippen molar-refractivity contribution in [3.8, 4) is 0 Å². The first kappa shape index (κ1) is 19.0. The summed E-state index contributed by atoms with van der Waals surface area (Å²) in [5.41, 5.74) is 1.45. The molecule has 1 aliphatic heterocycles. The van der Waals surface area contributed by atoms with E-state index < -0.39 is 5.97 Å². The number of piperidine rings is 1. The Balaban J connectivity index is 2.07. The van der Waals surface area contributed by atoms with Crippen molar-refractivity contribution < 1.29 is 19.5 Å². The molecule has 0 aliphatic carbocycles. The predicted molar refractivity (Wildman–Crippen MR) is 95.5 cm³/mol. The molecular formula is C19H26N2O4. The van der Waals surface area contributed by atoms with Crippen molar-refractivity contribution in [2.24, 2.45) is 11.8 Å². The Bertz CT molecular complexity index is 671. The van der Waals surface area contributed by atoms with Crippen molar-refractivity contribution in [1.29, 1.82) is 0 Å². The van der Waals surface area contributed by atoms with E-state index in [9.17, 15) is 14.4 Å². The van der Waals surface area contributed by atoms with Crippen molar-refractivity contribution in [1.82, 2.24) is 4.90 Å². The monoisotopic (exact) mass is 346 g/mol. The quantitative estimate of drug-likeness (QED) is 0.858. The van der Waals surface area contributed by atoms with E-state index in [1.165, 1.54) is 12.1 Å². The number of aryl methyl sites for hydroxylation is 1. The Hall–Kier alpha value is -2.37. The molecule has 1 fully saturated rings.